The molecule has 1 aromatic rings. The van der Waals surface area contributed by atoms with Crippen LogP contribution in [0.25, 0.3) is 0 Å². The van der Waals surface area contributed by atoms with Crippen LogP contribution < -0.4 is 0 Å². The second kappa shape index (κ2) is 18.0. The van der Waals surface area contributed by atoms with Crippen LogP contribution in [0.5, 0.6) is 11.6 Å². The Morgan fingerprint density at radius 3 is 1.59 bits per heavy atom. The summed E-state index contributed by atoms with van der Waals surface area (Å²) in [5, 5.41) is 95.8. The largest absolute Gasteiger partial charge is 0.505 e. The molecule has 0 aliphatic rings. The molecule has 268 valence electrons. The quantitative estimate of drug-likeness (QED) is 0.0786. The molecular weight excluding hydrogens is 594 g/mol. The van der Waals surface area contributed by atoms with E-state index in [-0.39, 0.29) is 47.8 Å². The third kappa shape index (κ3) is 10.5. The van der Waals surface area contributed by atoms with Gasteiger partial charge in [-0.05, 0) is 56.4 Å². The first-order valence-electron chi connectivity index (χ1n) is 16.6. The number of hydrogen-bond acceptors (Lipinski definition) is 10. The summed E-state index contributed by atoms with van der Waals surface area (Å²) >= 11 is 0. The molecule has 0 saturated carbocycles. The number of aromatic hydroxyl groups is 2. The molecule has 9 N–H and O–H groups in total. The van der Waals surface area contributed by atoms with Gasteiger partial charge in [-0.25, -0.2) is 0 Å². The number of aromatic nitrogens is 1. The third-order valence-electron chi connectivity index (χ3n) is 10.2. The molecule has 0 fully saturated rings. The van der Waals surface area contributed by atoms with Gasteiger partial charge in [0.15, 0.2) is 11.5 Å². The van der Waals surface area contributed by atoms with Crippen molar-refractivity contribution in [1.29, 1.82) is 0 Å². The SMILES string of the molecule is CC(=CC(C)CC(C)CC(O)C(O)C(C)C(O)C(C)C(O)C(C)C(O)CC(O)C(C)C(O)C(C)C)C(=O)c1c(O)c(C)n(C)c1O. The molecule has 11 nitrogen and oxygen atoms in total. The molecule has 0 bridgehead atoms. The number of ketones is 1. The zero-order chi connectivity index (χ0) is 36.0. The number of rotatable bonds is 19. The zero-order valence-electron chi connectivity index (χ0n) is 29.7. The Kier molecular flexibility index (Phi) is 16.4. The van der Waals surface area contributed by atoms with E-state index in [1.54, 1.807) is 54.7 Å². The number of nitrogens with zero attached hydrogens (tertiary/aromatic N) is 1. The number of carbonyl (C=O) groups excluding carboxylic acids is 1. The van der Waals surface area contributed by atoms with Crippen LogP contribution in [0.2, 0.25) is 0 Å². The Hall–Kier alpha value is -1.99. The molecule has 11 heteroatoms. The van der Waals surface area contributed by atoms with E-state index in [1.807, 2.05) is 27.7 Å². The molecule has 13 atom stereocenters. The maximum absolute atomic E-state index is 12.9. The second-order valence-corrected chi connectivity index (χ2v) is 14.5. The Bertz CT molecular complexity index is 1110. The van der Waals surface area contributed by atoms with Crippen molar-refractivity contribution in [3.63, 3.8) is 0 Å². The van der Waals surface area contributed by atoms with Crippen molar-refractivity contribution in [2.24, 2.45) is 48.5 Å². The normalized spacial score (nSPS) is 21.4. The molecule has 0 radical (unpaired) electrons. The summed E-state index contributed by atoms with van der Waals surface area (Å²) in [7, 11) is 1.55. The molecule has 0 amide bonds. The lowest BCUT2D eigenvalue weighted by Crippen LogP contribution is -2.47. The van der Waals surface area contributed by atoms with Crippen molar-refractivity contribution < 1.29 is 50.8 Å². The van der Waals surface area contributed by atoms with Crippen LogP contribution in [-0.2, 0) is 7.05 Å². The van der Waals surface area contributed by atoms with E-state index in [9.17, 15) is 50.8 Å². The minimum absolute atomic E-state index is 0.0566. The maximum atomic E-state index is 12.9. The van der Waals surface area contributed by atoms with E-state index in [4.69, 9.17) is 0 Å². The van der Waals surface area contributed by atoms with Crippen LogP contribution in [0.3, 0.4) is 0 Å². The van der Waals surface area contributed by atoms with Gasteiger partial charge in [0.2, 0.25) is 5.88 Å². The fourth-order valence-electron chi connectivity index (χ4n) is 6.48. The fourth-order valence-corrected chi connectivity index (χ4v) is 6.48. The van der Waals surface area contributed by atoms with Crippen molar-refractivity contribution in [1.82, 2.24) is 4.57 Å². The van der Waals surface area contributed by atoms with Crippen molar-refractivity contribution >= 4 is 5.78 Å². The molecule has 0 aliphatic heterocycles. The van der Waals surface area contributed by atoms with Gasteiger partial charge in [-0.3, -0.25) is 4.79 Å². The molecule has 0 aliphatic carbocycles. The second-order valence-electron chi connectivity index (χ2n) is 14.5. The molecule has 1 heterocycles. The Balaban J connectivity index is 2.76. The summed E-state index contributed by atoms with van der Waals surface area (Å²) in [5.41, 5.74) is 0.594. The highest BCUT2D eigenvalue weighted by Crippen LogP contribution is 2.35. The summed E-state index contributed by atoms with van der Waals surface area (Å²) in [6, 6.07) is 0. The van der Waals surface area contributed by atoms with E-state index in [0.29, 0.717) is 17.7 Å². The number of aliphatic hydroxyl groups excluding tert-OH is 7. The van der Waals surface area contributed by atoms with Gasteiger partial charge in [0, 0.05) is 30.7 Å². The molecule has 0 saturated heterocycles. The Morgan fingerprint density at radius 1 is 0.674 bits per heavy atom. The summed E-state index contributed by atoms with van der Waals surface area (Å²) in [6.07, 6.45) is -5.20. The van der Waals surface area contributed by atoms with E-state index >= 15 is 0 Å². The highest BCUT2D eigenvalue weighted by Gasteiger charge is 2.38. The summed E-state index contributed by atoms with van der Waals surface area (Å²) in [5.74, 6) is -4.07. The van der Waals surface area contributed by atoms with Crippen LogP contribution in [0, 0.1) is 48.3 Å². The first-order valence-corrected chi connectivity index (χ1v) is 16.6. The van der Waals surface area contributed by atoms with E-state index in [2.05, 4.69) is 0 Å². The third-order valence-corrected chi connectivity index (χ3v) is 10.2. The molecule has 1 aromatic heterocycles. The Morgan fingerprint density at radius 2 is 1.13 bits per heavy atom. The minimum atomic E-state index is -1.30. The highest BCUT2D eigenvalue weighted by molar-refractivity contribution is 6.12. The van der Waals surface area contributed by atoms with Crippen LogP contribution in [0.4, 0.5) is 0 Å². The van der Waals surface area contributed by atoms with Crippen molar-refractivity contribution in [3.8, 4) is 11.6 Å². The summed E-state index contributed by atoms with van der Waals surface area (Å²) < 4.78 is 1.34. The van der Waals surface area contributed by atoms with E-state index < -0.39 is 72.2 Å². The van der Waals surface area contributed by atoms with Crippen LogP contribution in [0.15, 0.2) is 11.6 Å². The molecule has 46 heavy (non-hydrogen) atoms. The number of allylic oxidation sites excluding steroid dienone is 2. The van der Waals surface area contributed by atoms with Gasteiger partial charge in [-0.2, -0.15) is 0 Å². The van der Waals surface area contributed by atoms with Crippen molar-refractivity contribution in [2.45, 2.75) is 131 Å². The predicted molar refractivity (Wildman–Crippen MR) is 177 cm³/mol. The average Bonchev–Trinajstić information content (AvgIpc) is 3.18. The zero-order valence-corrected chi connectivity index (χ0v) is 29.7. The highest BCUT2D eigenvalue weighted by atomic mass is 16.3. The topological polar surface area (TPSA) is 204 Å². The van der Waals surface area contributed by atoms with Crippen molar-refractivity contribution in [2.75, 3.05) is 0 Å². The van der Waals surface area contributed by atoms with Gasteiger partial charge in [-0.1, -0.05) is 61.5 Å². The summed E-state index contributed by atoms with van der Waals surface area (Å²) in [4.78, 5) is 12.9. The number of Topliss-reactive ketones (excluding diaryl/α,β-unsaturated/α-hetero) is 1. The summed E-state index contributed by atoms with van der Waals surface area (Å²) in [6.45, 7) is 17.2. The lowest BCUT2D eigenvalue weighted by molar-refractivity contribution is -0.105. The van der Waals surface area contributed by atoms with Crippen LogP contribution in [-0.4, -0.2) is 99.0 Å². The van der Waals surface area contributed by atoms with Gasteiger partial charge >= 0.3 is 0 Å². The maximum Gasteiger partial charge on any atom is 0.206 e. The minimum Gasteiger partial charge on any atom is -0.505 e. The fraction of sp³-hybridized carbons (Fsp3) is 0.800. The van der Waals surface area contributed by atoms with E-state index in [0.717, 1.165) is 0 Å². The first-order chi connectivity index (χ1) is 21.1. The van der Waals surface area contributed by atoms with Gasteiger partial charge in [0.1, 0.15) is 5.56 Å². The lowest BCUT2D eigenvalue weighted by atomic mass is 9.77. The molecule has 13 unspecified atom stereocenters. The standard InChI is InChI=1S/C35H63NO10/c1-16(2)29(40)20(6)25(37)15-26(38)21(7)31(42)22(8)32(43)23(9)33(44)27(39)14-18(4)12-17(3)13-19(5)30(41)28-34(45)24(10)36(11)35(28)46/h13,16-18,20-23,25-27,29,31-33,37-40,42-46H,12,14-15H2,1-11H3. The van der Waals surface area contributed by atoms with Gasteiger partial charge in [-0.15, -0.1) is 0 Å². The molecular formula is C35H63NO10. The van der Waals surface area contributed by atoms with Gasteiger partial charge < -0.3 is 50.5 Å². The van der Waals surface area contributed by atoms with E-state index in [1.165, 1.54) is 4.57 Å². The van der Waals surface area contributed by atoms with Gasteiger partial charge in [0.25, 0.3) is 0 Å². The lowest BCUT2D eigenvalue weighted by Gasteiger charge is -2.37. The first kappa shape index (κ1) is 42.0. The molecule has 0 spiro atoms. The smallest absolute Gasteiger partial charge is 0.206 e. The van der Waals surface area contributed by atoms with Crippen LogP contribution in [0.1, 0.15) is 97.6 Å². The number of hydrogen-bond donors (Lipinski definition) is 9. The molecule has 0 aromatic carbocycles. The predicted octanol–water partition coefficient (Wildman–Crippen LogP) is 3.04. The van der Waals surface area contributed by atoms with Gasteiger partial charge in [0.05, 0.1) is 48.4 Å². The average molecular weight is 658 g/mol. The monoisotopic (exact) mass is 657 g/mol. The van der Waals surface area contributed by atoms with Crippen molar-refractivity contribution in [3.05, 3.63) is 22.9 Å². The molecule has 1 rings (SSSR count). The number of carbonyl (C=O) groups is 1. The number of aliphatic hydroxyl groups is 7. The van der Waals surface area contributed by atoms with Crippen LogP contribution >= 0.6 is 0 Å². The Labute approximate surface area is 275 Å².